The number of thiazole rings is 2. The summed E-state index contributed by atoms with van der Waals surface area (Å²) >= 11 is 13.0. The summed E-state index contributed by atoms with van der Waals surface area (Å²) in [4.78, 5) is 6.12. The quantitative estimate of drug-likeness (QED) is 0.620. The van der Waals surface area contributed by atoms with Crippen LogP contribution in [0.3, 0.4) is 0 Å². The van der Waals surface area contributed by atoms with E-state index >= 15 is 0 Å². The van der Waals surface area contributed by atoms with Gasteiger partial charge in [-0.2, -0.15) is 0 Å². The van der Waals surface area contributed by atoms with Gasteiger partial charge in [0.15, 0.2) is 7.91 Å². The van der Waals surface area contributed by atoms with Gasteiger partial charge in [-0.05, 0) is 35.6 Å². The predicted octanol–water partition coefficient (Wildman–Crippen LogP) is 1.58. The lowest BCUT2D eigenvalue weighted by Gasteiger charge is -1.89. The average molecular weight is 243 g/mol. The average Bonchev–Trinajstić information content (AvgIpc) is 2.62. The number of aromatic amines is 2. The van der Waals surface area contributed by atoms with Crippen LogP contribution < -0.4 is 11.2 Å². The highest BCUT2D eigenvalue weighted by atomic mass is 32.2. The molecule has 0 aliphatic carbocycles. The fourth-order valence-corrected chi connectivity index (χ4v) is 2.50. The summed E-state index contributed by atoms with van der Waals surface area (Å²) in [5.74, 6) is 0. The highest BCUT2D eigenvalue weighted by Gasteiger charge is 2.01. The smallest absolute Gasteiger partial charge is 0.238 e. The molecule has 0 spiro atoms. The first-order valence-corrected chi connectivity index (χ1v) is 6.02. The van der Waals surface area contributed by atoms with E-state index in [4.69, 9.17) is 24.4 Å². The zero-order chi connectivity index (χ0) is 9.26. The molecular formula is C6H4BN2S4. The van der Waals surface area contributed by atoms with Gasteiger partial charge in [0.25, 0.3) is 0 Å². The van der Waals surface area contributed by atoms with Gasteiger partial charge in [-0.25, -0.2) is 0 Å². The maximum atomic E-state index is 4.97. The lowest BCUT2D eigenvalue weighted by molar-refractivity contribution is 1.43. The molecule has 2 nitrogen and oxygen atoms in total. The molecule has 13 heavy (non-hydrogen) atoms. The maximum Gasteiger partial charge on any atom is 0.238 e. The van der Waals surface area contributed by atoms with Gasteiger partial charge in [-0.3, -0.25) is 0 Å². The van der Waals surface area contributed by atoms with E-state index in [9.17, 15) is 0 Å². The third kappa shape index (κ3) is 2.37. The summed E-state index contributed by atoms with van der Waals surface area (Å²) < 4.78 is 1.58. The van der Waals surface area contributed by atoms with Gasteiger partial charge in [0.05, 0.1) is 0 Å². The van der Waals surface area contributed by atoms with Crippen molar-refractivity contribution in [3.63, 3.8) is 0 Å². The molecule has 0 saturated heterocycles. The summed E-state index contributed by atoms with van der Waals surface area (Å²) in [6, 6.07) is 0. The third-order valence-electron chi connectivity index (χ3n) is 1.39. The highest BCUT2D eigenvalue weighted by molar-refractivity contribution is 7.73. The molecule has 0 saturated carbocycles. The topological polar surface area (TPSA) is 31.6 Å². The number of hydrogen-bond acceptors (Lipinski definition) is 4. The van der Waals surface area contributed by atoms with E-state index in [0.717, 1.165) is 19.1 Å². The van der Waals surface area contributed by atoms with Gasteiger partial charge in [0.1, 0.15) is 0 Å². The van der Waals surface area contributed by atoms with E-state index in [1.165, 1.54) is 22.7 Å². The van der Waals surface area contributed by atoms with Crippen molar-refractivity contribution in [3.05, 3.63) is 18.7 Å². The summed E-state index contributed by atoms with van der Waals surface area (Å²) in [6.45, 7) is 0. The number of nitrogens with one attached hydrogen (secondary N) is 2. The van der Waals surface area contributed by atoms with Gasteiger partial charge in [-0.15, -0.1) is 22.7 Å². The maximum absolute atomic E-state index is 4.97. The van der Waals surface area contributed by atoms with Crippen molar-refractivity contribution in [3.8, 4) is 0 Å². The molecule has 0 unspecified atom stereocenters. The van der Waals surface area contributed by atoms with Crippen LogP contribution in [0.5, 0.6) is 0 Å². The second-order valence-corrected chi connectivity index (χ2v) is 5.44. The van der Waals surface area contributed by atoms with Crippen LogP contribution in [0.1, 0.15) is 0 Å². The van der Waals surface area contributed by atoms with Crippen molar-refractivity contribution >= 4 is 65.6 Å². The normalized spacial score (nSPS) is 10.2. The Morgan fingerprint density at radius 3 is 1.77 bits per heavy atom. The van der Waals surface area contributed by atoms with Crippen LogP contribution >= 0.6 is 47.1 Å². The van der Waals surface area contributed by atoms with Crippen molar-refractivity contribution in [1.29, 1.82) is 0 Å². The van der Waals surface area contributed by atoms with Gasteiger partial charge in [0, 0.05) is 10.8 Å². The summed E-state index contributed by atoms with van der Waals surface area (Å²) in [7, 11) is 1.98. The zero-order valence-corrected chi connectivity index (χ0v) is 9.63. The van der Waals surface area contributed by atoms with Crippen molar-refractivity contribution in [2.75, 3.05) is 0 Å². The molecule has 1 radical (unpaired) electrons. The molecule has 0 fully saturated rings. The van der Waals surface area contributed by atoms with E-state index in [2.05, 4.69) is 9.97 Å². The lowest BCUT2D eigenvalue weighted by atomic mass is 9.72. The Bertz CT molecular complexity index is 458. The van der Waals surface area contributed by atoms with Crippen molar-refractivity contribution in [2.45, 2.75) is 0 Å². The second-order valence-electron chi connectivity index (χ2n) is 2.35. The molecule has 0 aliphatic heterocycles. The van der Waals surface area contributed by atoms with E-state index in [-0.39, 0.29) is 0 Å². The van der Waals surface area contributed by atoms with Crippen LogP contribution in [0.15, 0.2) is 10.8 Å². The number of rotatable bonds is 2. The molecule has 65 valence electrons. The first-order valence-electron chi connectivity index (χ1n) is 3.44. The molecule has 2 aromatic rings. The SMILES string of the molecule is S=c1[nH]c([B]c2csc(=S)[nH]2)cs1. The van der Waals surface area contributed by atoms with Crippen LogP contribution in [0, 0.1) is 7.91 Å². The molecule has 2 rings (SSSR count). The molecule has 7 heteroatoms. The standard InChI is InChI=1S/C6H4BN2S4/c10-5-8-3(1-12-5)7-4-2-13-6(11)9-4/h1-2H,(H,8,10)(H,9,11). The van der Waals surface area contributed by atoms with Crippen molar-refractivity contribution in [1.82, 2.24) is 9.97 Å². The zero-order valence-electron chi connectivity index (χ0n) is 6.37. The minimum atomic E-state index is 0.792. The van der Waals surface area contributed by atoms with Crippen LogP contribution in [0.4, 0.5) is 0 Å². The summed E-state index contributed by atoms with van der Waals surface area (Å²) in [5, 5.41) is 3.97. The fraction of sp³-hybridized carbons (Fsp3) is 0. The molecule has 0 aromatic carbocycles. The van der Waals surface area contributed by atoms with E-state index in [1.807, 2.05) is 18.0 Å². The van der Waals surface area contributed by atoms with E-state index < -0.39 is 0 Å². The van der Waals surface area contributed by atoms with Gasteiger partial charge < -0.3 is 9.97 Å². The van der Waals surface area contributed by atoms with Crippen molar-refractivity contribution in [2.24, 2.45) is 0 Å². The Kier molecular flexibility index (Phi) is 2.78. The molecule has 2 heterocycles. The molecule has 0 aliphatic rings. The Labute approximate surface area is 93.9 Å². The summed E-state index contributed by atoms with van der Waals surface area (Å²) in [6.07, 6.45) is 0. The molecule has 2 N–H and O–H groups in total. The molecular weight excluding hydrogens is 239 g/mol. The highest BCUT2D eigenvalue weighted by Crippen LogP contribution is 1.95. The third-order valence-corrected chi connectivity index (χ3v) is 3.55. The minimum Gasteiger partial charge on any atom is -0.349 e. The van der Waals surface area contributed by atoms with Crippen LogP contribution in [0.25, 0.3) is 0 Å². The Hall–Kier alpha value is -0.235. The van der Waals surface area contributed by atoms with E-state index in [0.29, 0.717) is 0 Å². The predicted molar refractivity (Wildman–Crippen MR) is 64.0 cm³/mol. The first-order chi connectivity index (χ1) is 6.24. The molecule has 0 amide bonds. The first kappa shape index (κ1) is 9.33. The summed E-state index contributed by atoms with van der Waals surface area (Å²) in [5.41, 5.74) is 2.03. The number of H-pyrrole nitrogens is 2. The van der Waals surface area contributed by atoms with Crippen LogP contribution in [0.2, 0.25) is 0 Å². The van der Waals surface area contributed by atoms with Crippen molar-refractivity contribution < 1.29 is 0 Å². The van der Waals surface area contributed by atoms with Gasteiger partial charge >= 0.3 is 0 Å². The molecule has 0 bridgehead atoms. The van der Waals surface area contributed by atoms with Gasteiger partial charge in [-0.1, -0.05) is 0 Å². The molecule has 2 aromatic heterocycles. The van der Waals surface area contributed by atoms with Crippen LogP contribution in [-0.2, 0) is 0 Å². The van der Waals surface area contributed by atoms with Crippen LogP contribution in [-0.4, -0.2) is 17.2 Å². The monoisotopic (exact) mass is 243 g/mol. The van der Waals surface area contributed by atoms with E-state index in [1.54, 1.807) is 0 Å². The largest absolute Gasteiger partial charge is 0.349 e. The Balaban J connectivity index is 2.23. The Morgan fingerprint density at radius 1 is 1.00 bits per heavy atom. The molecule has 0 atom stereocenters. The van der Waals surface area contributed by atoms with Gasteiger partial charge in [0.2, 0.25) is 7.28 Å². The Morgan fingerprint density at radius 2 is 1.46 bits per heavy atom. The minimum absolute atomic E-state index is 0.792. The number of hydrogen-bond donors (Lipinski definition) is 2. The fourth-order valence-electron chi connectivity index (χ4n) is 0.895. The number of aromatic nitrogens is 2. The lowest BCUT2D eigenvalue weighted by Crippen LogP contribution is -2.28. The second kappa shape index (κ2) is 3.87.